The molecule has 0 bridgehead atoms. The number of nitrogens with one attached hydrogen (secondary N) is 2. The maximum atomic E-state index is 10.4. The van der Waals surface area contributed by atoms with Crippen molar-refractivity contribution in [3.8, 4) is 5.75 Å². The Bertz CT molecular complexity index is 381. The zero-order valence-corrected chi connectivity index (χ0v) is 11.5. The highest BCUT2D eigenvalue weighted by Crippen LogP contribution is 2.11. The van der Waals surface area contributed by atoms with Crippen LogP contribution in [-0.2, 0) is 11.3 Å². The Kier molecular flexibility index (Phi) is 8.37. The summed E-state index contributed by atoms with van der Waals surface area (Å²) in [6.07, 6.45) is 1.000. The Morgan fingerprint density at radius 1 is 1.10 bits per heavy atom. The lowest BCUT2D eigenvalue weighted by atomic mass is 10.2. The number of aliphatic carboxylic acids is 1. The molecule has 0 fully saturated rings. The average molecular weight is 282 g/mol. The number of carboxylic acids is 1. The highest BCUT2D eigenvalue weighted by Gasteiger charge is 1.99. The minimum Gasteiger partial charge on any atom is -0.482 e. The highest BCUT2D eigenvalue weighted by atomic mass is 16.5. The van der Waals surface area contributed by atoms with Gasteiger partial charge in [-0.25, -0.2) is 4.79 Å². The number of rotatable bonds is 11. The molecule has 112 valence electrons. The molecule has 1 aromatic carbocycles. The number of hydrogen-bond donors (Lipinski definition) is 4. The minimum absolute atomic E-state index is 0.170. The first kappa shape index (κ1) is 16.4. The van der Waals surface area contributed by atoms with E-state index in [1.165, 1.54) is 0 Å². The number of aliphatic hydroxyl groups is 1. The molecule has 0 amide bonds. The molecule has 0 spiro atoms. The lowest BCUT2D eigenvalue weighted by molar-refractivity contribution is -0.139. The van der Waals surface area contributed by atoms with Gasteiger partial charge < -0.3 is 25.6 Å². The second kappa shape index (κ2) is 10.2. The van der Waals surface area contributed by atoms with Crippen LogP contribution in [0.3, 0.4) is 0 Å². The van der Waals surface area contributed by atoms with Crippen molar-refractivity contribution in [2.75, 3.05) is 32.8 Å². The van der Waals surface area contributed by atoms with E-state index in [4.69, 9.17) is 14.9 Å². The van der Waals surface area contributed by atoms with Crippen molar-refractivity contribution in [2.45, 2.75) is 13.0 Å². The third kappa shape index (κ3) is 7.73. The summed E-state index contributed by atoms with van der Waals surface area (Å²) in [6.45, 7) is 3.03. The molecule has 1 aromatic rings. The summed E-state index contributed by atoms with van der Waals surface area (Å²) in [4.78, 5) is 10.4. The van der Waals surface area contributed by atoms with Crippen LogP contribution in [0.1, 0.15) is 12.0 Å². The smallest absolute Gasteiger partial charge is 0.341 e. The Hall–Kier alpha value is -1.63. The van der Waals surface area contributed by atoms with E-state index < -0.39 is 5.97 Å². The van der Waals surface area contributed by atoms with Gasteiger partial charge in [-0.15, -0.1) is 0 Å². The molecule has 0 unspecified atom stereocenters. The third-order valence-electron chi connectivity index (χ3n) is 2.61. The van der Waals surface area contributed by atoms with E-state index in [-0.39, 0.29) is 13.2 Å². The van der Waals surface area contributed by atoms with Gasteiger partial charge in [0.15, 0.2) is 6.61 Å². The standard InChI is InChI=1S/C14H22N2O4/c17-9-8-15-6-1-7-16-10-12-2-4-13(5-3-12)20-11-14(18)19/h2-5,15-17H,1,6-11H2,(H,18,19). The van der Waals surface area contributed by atoms with Gasteiger partial charge in [-0.05, 0) is 37.2 Å². The van der Waals surface area contributed by atoms with Crippen LogP contribution in [0.5, 0.6) is 5.75 Å². The predicted molar refractivity (Wildman–Crippen MR) is 75.9 cm³/mol. The van der Waals surface area contributed by atoms with Gasteiger partial charge in [0.1, 0.15) is 5.75 Å². The predicted octanol–water partition coefficient (Wildman–Crippen LogP) is 0.212. The van der Waals surface area contributed by atoms with Crippen LogP contribution in [0.4, 0.5) is 0 Å². The molecular formula is C14H22N2O4. The molecule has 0 aliphatic carbocycles. The fourth-order valence-electron chi connectivity index (χ4n) is 1.62. The van der Waals surface area contributed by atoms with Crippen LogP contribution in [0, 0.1) is 0 Å². The normalized spacial score (nSPS) is 10.4. The maximum Gasteiger partial charge on any atom is 0.341 e. The van der Waals surface area contributed by atoms with E-state index in [1.807, 2.05) is 12.1 Å². The molecular weight excluding hydrogens is 260 g/mol. The zero-order valence-electron chi connectivity index (χ0n) is 11.5. The molecule has 0 saturated heterocycles. The monoisotopic (exact) mass is 282 g/mol. The second-order valence-corrected chi connectivity index (χ2v) is 4.33. The lowest BCUT2D eigenvalue weighted by Crippen LogP contribution is -2.23. The summed E-state index contributed by atoms with van der Waals surface area (Å²) in [5.41, 5.74) is 1.12. The second-order valence-electron chi connectivity index (χ2n) is 4.33. The molecule has 20 heavy (non-hydrogen) atoms. The van der Waals surface area contributed by atoms with Gasteiger partial charge in [0.2, 0.25) is 0 Å². The number of carboxylic acid groups (broad SMARTS) is 1. The summed E-state index contributed by atoms with van der Waals surface area (Å²) < 4.78 is 5.05. The first-order valence-electron chi connectivity index (χ1n) is 6.68. The summed E-state index contributed by atoms with van der Waals surface area (Å²) in [7, 11) is 0. The van der Waals surface area contributed by atoms with Crippen molar-refractivity contribution < 1.29 is 19.7 Å². The van der Waals surface area contributed by atoms with Gasteiger partial charge in [-0.2, -0.15) is 0 Å². The molecule has 0 saturated carbocycles. The van der Waals surface area contributed by atoms with Crippen molar-refractivity contribution >= 4 is 5.97 Å². The van der Waals surface area contributed by atoms with E-state index >= 15 is 0 Å². The van der Waals surface area contributed by atoms with Crippen LogP contribution >= 0.6 is 0 Å². The van der Waals surface area contributed by atoms with Crippen LogP contribution in [-0.4, -0.2) is 49.0 Å². The lowest BCUT2D eigenvalue weighted by Gasteiger charge is -2.07. The SMILES string of the molecule is O=C(O)COc1ccc(CNCCCNCCO)cc1. The van der Waals surface area contributed by atoms with E-state index in [0.29, 0.717) is 12.3 Å². The molecule has 0 radical (unpaired) electrons. The highest BCUT2D eigenvalue weighted by molar-refractivity contribution is 5.68. The Balaban J connectivity index is 2.13. The van der Waals surface area contributed by atoms with E-state index in [0.717, 1.165) is 31.6 Å². The quantitative estimate of drug-likeness (QED) is 0.434. The van der Waals surface area contributed by atoms with Gasteiger partial charge >= 0.3 is 5.97 Å². The summed E-state index contributed by atoms with van der Waals surface area (Å²) in [6, 6.07) is 7.36. The average Bonchev–Trinajstić information content (AvgIpc) is 2.45. The number of ether oxygens (including phenoxy) is 1. The summed E-state index contributed by atoms with van der Waals surface area (Å²) in [5, 5.41) is 23.5. The van der Waals surface area contributed by atoms with Crippen molar-refractivity contribution in [1.29, 1.82) is 0 Å². The van der Waals surface area contributed by atoms with Gasteiger partial charge in [-0.1, -0.05) is 12.1 Å². The van der Waals surface area contributed by atoms with Crippen molar-refractivity contribution in [1.82, 2.24) is 10.6 Å². The van der Waals surface area contributed by atoms with Crippen LogP contribution in [0.2, 0.25) is 0 Å². The fraction of sp³-hybridized carbons (Fsp3) is 0.500. The van der Waals surface area contributed by atoms with Crippen LogP contribution < -0.4 is 15.4 Å². The van der Waals surface area contributed by atoms with Crippen LogP contribution in [0.25, 0.3) is 0 Å². The van der Waals surface area contributed by atoms with Gasteiger partial charge in [-0.3, -0.25) is 0 Å². The number of benzene rings is 1. The van der Waals surface area contributed by atoms with Gasteiger partial charge in [0.05, 0.1) is 6.61 Å². The number of hydrogen-bond acceptors (Lipinski definition) is 5. The van der Waals surface area contributed by atoms with Crippen molar-refractivity contribution in [3.63, 3.8) is 0 Å². The molecule has 0 aliphatic rings. The number of carbonyl (C=O) groups is 1. The molecule has 1 rings (SSSR count). The Labute approximate surface area is 118 Å². The number of aliphatic hydroxyl groups excluding tert-OH is 1. The molecule has 0 aliphatic heterocycles. The fourth-order valence-corrected chi connectivity index (χ4v) is 1.62. The first-order chi connectivity index (χ1) is 9.72. The Morgan fingerprint density at radius 3 is 2.45 bits per heavy atom. The van der Waals surface area contributed by atoms with E-state index in [1.54, 1.807) is 12.1 Å². The minimum atomic E-state index is -0.981. The third-order valence-corrected chi connectivity index (χ3v) is 2.61. The molecule has 4 N–H and O–H groups in total. The van der Waals surface area contributed by atoms with Crippen molar-refractivity contribution in [2.24, 2.45) is 0 Å². The topological polar surface area (TPSA) is 90.8 Å². The largest absolute Gasteiger partial charge is 0.482 e. The maximum absolute atomic E-state index is 10.4. The molecule has 0 heterocycles. The summed E-state index contributed by atoms with van der Waals surface area (Å²) >= 11 is 0. The Morgan fingerprint density at radius 2 is 1.80 bits per heavy atom. The van der Waals surface area contributed by atoms with Crippen molar-refractivity contribution in [3.05, 3.63) is 29.8 Å². The van der Waals surface area contributed by atoms with Crippen LogP contribution in [0.15, 0.2) is 24.3 Å². The van der Waals surface area contributed by atoms with E-state index in [2.05, 4.69) is 10.6 Å². The molecule has 6 nitrogen and oxygen atoms in total. The summed E-state index contributed by atoms with van der Waals surface area (Å²) in [5.74, 6) is -0.421. The van der Waals surface area contributed by atoms with Gasteiger partial charge in [0, 0.05) is 13.1 Å². The molecule has 6 heteroatoms. The first-order valence-corrected chi connectivity index (χ1v) is 6.68. The molecule has 0 aromatic heterocycles. The van der Waals surface area contributed by atoms with E-state index in [9.17, 15) is 4.79 Å². The van der Waals surface area contributed by atoms with Gasteiger partial charge in [0.25, 0.3) is 0 Å². The molecule has 0 atom stereocenters. The zero-order chi connectivity index (χ0) is 14.6.